The van der Waals surface area contributed by atoms with Crippen LogP contribution in [-0.2, 0) is 0 Å². The third-order valence-corrected chi connectivity index (χ3v) is 4.18. The first-order valence-electron chi connectivity index (χ1n) is 7.71. The minimum absolute atomic E-state index is 0.229. The zero-order valence-electron chi connectivity index (χ0n) is 13.7. The molecular weight excluding hydrogens is 288 g/mol. The van der Waals surface area contributed by atoms with Crippen LogP contribution in [0.3, 0.4) is 0 Å². The largest absolute Gasteiger partial charge is 0.356 e. The lowest BCUT2D eigenvalue weighted by Gasteiger charge is -2.20. The Hall–Kier alpha value is -1.87. The Morgan fingerprint density at radius 2 is 1.68 bits per heavy atom. The molecule has 0 saturated carbocycles. The van der Waals surface area contributed by atoms with Crippen LogP contribution in [-0.4, -0.2) is 5.11 Å². The normalized spacial score (nSPS) is 11.8. The molecule has 22 heavy (non-hydrogen) atoms. The predicted octanol–water partition coefficient (Wildman–Crippen LogP) is 5.05. The quantitative estimate of drug-likeness (QED) is 0.773. The molecule has 0 aromatic heterocycles. The van der Waals surface area contributed by atoms with Gasteiger partial charge < -0.3 is 10.6 Å². The SMILES string of the molecule is CCC(NC(=S)Nc1ccc(C)c(C)c1)c1ccc(C)cc1. The number of hydrogen-bond donors (Lipinski definition) is 2. The molecule has 0 aliphatic heterocycles. The number of aryl methyl sites for hydroxylation is 3. The van der Waals surface area contributed by atoms with E-state index in [1.165, 1.54) is 22.3 Å². The van der Waals surface area contributed by atoms with Crippen LogP contribution < -0.4 is 10.6 Å². The Morgan fingerprint density at radius 1 is 1.00 bits per heavy atom. The van der Waals surface area contributed by atoms with Crippen LogP contribution in [0.1, 0.15) is 41.6 Å². The van der Waals surface area contributed by atoms with Crippen molar-refractivity contribution in [3.63, 3.8) is 0 Å². The molecule has 3 heteroatoms. The van der Waals surface area contributed by atoms with Crippen LogP contribution >= 0.6 is 12.2 Å². The Balaban J connectivity index is 2.02. The minimum atomic E-state index is 0.229. The van der Waals surface area contributed by atoms with Gasteiger partial charge in [0.25, 0.3) is 0 Å². The molecule has 0 fully saturated rings. The fourth-order valence-corrected chi connectivity index (χ4v) is 2.62. The van der Waals surface area contributed by atoms with Crippen LogP contribution in [0.15, 0.2) is 42.5 Å². The Morgan fingerprint density at radius 3 is 2.27 bits per heavy atom. The van der Waals surface area contributed by atoms with Crippen molar-refractivity contribution in [1.82, 2.24) is 5.32 Å². The maximum atomic E-state index is 5.46. The molecule has 0 radical (unpaired) electrons. The molecule has 0 saturated heterocycles. The van der Waals surface area contributed by atoms with E-state index in [-0.39, 0.29) is 6.04 Å². The highest BCUT2D eigenvalue weighted by atomic mass is 32.1. The zero-order chi connectivity index (χ0) is 16.1. The van der Waals surface area contributed by atoms with Crippen LogP contribution in [0.4, 0.5) is 5.69 Å². The third kappa shape index (κ3) is 4.31. The highest BCUT2D eigenvalue weighted by Crippen LogP contribution is 2.18. The average Bonchev–Trinajstić information content (AvgIpc) is 2.49. The lowest BCUT2D eigenvalue weighted by Crippen LogP contribution is -2.32. The summed E-state index contributed by atoms with van der Waals surface area (Å²) in [6, 6.07) is 15.1. The fourth-order valence-electron chi connectivity index (χ4n) is 2.36. The third-order valence-electron chi connectivity index (χ3n) is 3.96. The van der Waals surface area contributed by atoms with Crippen molar-refractivity contribution in [1.29, 1.82) is 0 Å². The number of benzene rings is 2. The maximum Gasteiger partial charge on any atom is 0.171 e. The van der Waals surface area contributed by atoms with Crippen molar-refractivity contribution in [2.45, 2.75) is 40.2 Å². The highest BCUT2D eigenvalue weighted by Gasteiger charge is 2.10. The Labute approximate surface area is 139 Å². The van der Waals surface area contributed by atoms with Crippen molar-refractivity contribution in [2.24, 2.45) is 0 Å². The molecule has 0 amide bonds. The van der Waals surface area contributed by atoms with E-state index in [1.54, 1.807) is 0 Å². The lowest BCUT2D eigenvalue weighted by atomic mass is 10.0. The van der Waals surface area contributed by atoms with Gasteiger partial charge in [0.15, 0.2) is 5.11 Å². The average molecular weight is 312 g/mol. The van der Waals surface area contributed by atoms with E-state index < -0.39 is 0 Å². The van der Waals surface area contributed by atoms with Gasteiger partial charge in [0.2, 0.25) is 0 Å². The molecule has 2 rings (SSSR count). The lowest BCUT2D eigenvalue weighted by molar-refractivity contribution is 0.629. The molecule has 0 aliphatic carbocycles. The van der Waals surface area contributed by atoms with Crippen LogP contribution in [0.2, 0.25) is 0 Å². The van der Waals surface area contributed by atoms with Gasteiger partial charge in [-0.15, -0.1) is 0 Å². The monoisotopic (exact) mass is 312 g/mol. The fraction of sp³-hybridized carbons (Fsp3) is 0.316. The van der Waals surface area contributed by atoms with E-state index in [0.717, 1.165) is 12.1 Å². The number of nitrogens with one attached hydrogen (secondary N) is 2. The van der Waals surface area contributed by atoms with E-state index in [4.69, 9.17) is 12.2 Å². The number of anilines is 1. The molecule has 116 valence electrons. The zero-order valence-corrected chi connectivity index (χ0v) is 14.6. The second kappa shape index (κ2) is 7.41. The van der Waals surface area contributed by atoms with Crippen LogP contribution in [0.25, 0.3) is 0 Å². The summed E-state index contributed by atoms with van der Waals surface area (Å²) in [5, 5.41) is 7.34. The van der Waals surface area contributed by atoms with Crippen molar-refractivity contribution in [2.75, 3.05) is 5.32 Å². The standard InChI is InChI=1S/C19H24N2S/c1-5-18(16-9-6-13(2)7-10-16)21-19(22)20-17-11-8-14(3)15(4)12-17/h6-12,18H,5H2,1-4H3,(H2,20,21,22). The summed E-state index contributed by atoms with van der Waals surface area (Å²) in [6.45, 7) is 8.48. The molecule has 0 spiro atoms. The summed E-state index contributed by atoms with van der Waals surface area (Å²) < 4.78 is 0. The topological polar surface area (TPSA) is 24.1 Å². The summed E-state index contributed by atoms with van der Waals surface area (Å²) in [7, 11) is 0. The van der Waals surface area contributed by atoms with E-state index in [0.29, 0.717) is 5.11 Å². The second-order valence-electron chi connectivity index (χ2n) is 5.77. The van der Waals surface area contributed by atoms with Gasteiger partial charge in [-0.05, 0) is 68.2 Å². The molecule has 1 unspecified atom stereocenters. The smallest absolute Gasteiger partial charge is 0.171 e. The van der Waals surface area contributed by atoms with E-state index in [2.05, 4.69) is 80.8 Å². The van der Waals surface area contributed by atoms with Gasteiger partial charge >= 0.3 is 0 Å². The molecule has 2 nitrogen and oxygen atoms in total. The highest BCUT2D eigenvalue weighted by molar-refractivity contribution is 7.80. The summed E-state index contributed by atoms with van der Waals surface area (Å²) in [6.07, 6.45) is 0.984. The predicted molar refractivity (Wildman–Crippen MR) is 99.5 cm³/mol. The molecule has 0 heterocycles. The number of rotatable bonds is 4. The Kier molecular flexibility index (Phi) is 5.56. The van der Waals surface area contributed by atoms with Crippen molar-refractivity contribution < 1.29 is 0 Å². The Bertz CT molecular complexity index is 647. The van der Waals surface area contributed by atoms with Crippen LogP contribution in [0.5, 0.6) is 0 Å². The van der Waals surface area contributed by atoms with E-state index >= 15 is 0 Å². The number of thiocarbonyl (C=S) groups is 1. The van der Waals surface area contributed by atoms with Crippen molar-refractivity contribution in [3.8, 4) is 0 Å². The minimum Gasteiger partial charge on any atom is -0.356 e. The molecular formula is C19H24N2S. The van der Waals surface area contributed by atoms with E-state index in [1.807, 2.05) is 0 Å². The van der Waals surface area contributed by atoms with E-state index in [9.17, 15) is 0 Å². The molecule has 0 aliphatic rings. The van der Waals surface area contributed by atoms with Gasteiger partial charge in [-0.2, -0.15) is 0 Å². The molecule has 2 N–H and O–H groups in total. The molecule has 2 aromatic carbocycles. The maximum absolute atomic E-state index is 5.46. The van der Waals surface area contributed by atoms with Crippen molar-refractivity contribution in [3.05, 3.63) is 64.7 Å². The van der Waals surface area contributed by atoms with Gasteiger partial charge in [-0.1, -0.05) is 42.8 Å². The van der Waals surface area contributed by atoms with Gasteiger partial charge in [-0.3, -0.25) is 0 Å². The van der Waals surface area contributed by atoms with Gasteiger partial charge in [0, 0.05) is 5.69 Å². The van der Waals surface area contributed by atoms with Gasteiger partial charge in [0.1, 0.15) is 0 Å². The van der Waals surface area contributed by atoms with Gasteiger partial charge in [0.05, 0.1) is 6.04 Å². The molecule has 0 bridgehead atoms. The summed E-state index contributed by atoms with van der Waals surface area (Å²) in [5.74, 6) is 0. The van der Waals surface area contributed by atoms with Crippen molar-refractivity contribution >= 4 is 23.0 Å². The summed E-state index contributed by atoms with van der Waals surface area (Å²) in [5.41, 5.74) is 6.11. The first-order chi connectivity index (χ1) is 10.5. The van der Waals surface area contributed by atoms with Crippen LogP contribution in [0, 0.1) is 20.8 Å². The second-order valence-corrected chi connectivity index (χ2v) is 6.18. The first kappa shape index (κ1) is 16.5. The molecule has 2 aromatic rings. The molecule has 1 atom stereocenters. The van der Waals surface area contributed by atoms with Gasteiger partial charge in [-0.25, -0.2) is 0 Å². The summed E-state index contributed by atoms with van der Waals surface area (Å²) in [4.78, 5) is 0. The number of hydrogen-bond acceptors (Lipinski definition) is 1. The summed E-state index contributed by atoms with van der Waals surface area (Å²) >= 11 is 5.46. The first-order valence-corrected chi connectivity index (χ1v) is 8.11.